The van der Waals surface area contributed by atoms with E-state index in [-0.39, 0.29) is 11.5 Å². The number of aliphatic hydroxyl groups excluding tert-OH is 1. The lowest BCUT2D eigenvalue weighted by Crippen LogP contribution is -2.25. The van der Waals surface area contributed by atoms with Crippen LogP contribution < -0.4 is 9.61 Å². The highest BCUT2D eigenvalue weighted by molar-refractivity contribution is 7.09. The van der Waals surface area contributed by atoms with E-state index in [9.17, 15) is 4.79 Å². The number of nitrogens with zero attached hydrogens (tertiary/aromatic N) is 1. The van der Waals surface area contributed by atoms with E-state index in [2.05, 4.69) is 9.88 Å². The highest BCUT2D eigenvalue weighted by atomic mass is 32.1. The molecule has 0 spiro atoms. The van der Waals surface area contributed by atoms with Crippen molar-refractivity contribution in [2.45, 2.75) is 13.5 Å². The molecule has 2 N–H and O–H groups in total. The summed E-state index contributed by atoms with van der Waals surface area (Å²) in [5.74, 6) is 0.734. The fourth-order valence-electron chi connectivity index (χ4n) is 2.23. The van der Waals surface area contributed by atoms with Gasteiger partial charge in [-0.3, -0.25) is 9.69 Å². The van der Waals surface area contributed by atoms with E-state index in [4.69, 9.17) is 9.84 Å². The van der Waals surface area contributed by atoms with Gasteiger partial charge in [0, 0.05) is 23.5 Å². The summed E-state index contributed by atoms with van der Waals surface area (Å²) < 4.78 is 5.37. The summed E-state index contributed by atoms with van der Waals surface area (Å²) in [7, 11) is 1.62. The largest absolute Gasteiger partial charge is 0.496 e. The van der Waals surface area contributed by atoms with Gasteiger partial charge in [0.15, 0.2) is 0 Å². The monoisotopic (exact) mass is 308 g/mol. The molecule has 0 radical (unpaired) electrons. The fraction of sp³-hybridized carbons (Fsp3) is 0.400. The molecule has 0 aliphatic carbocycles. The minimum absolute atomic E-state index is 0.0778. The van der Waals surface area contributed by atoms with Crippen molar-refractivity contribution in [1.82, 2.24) is 9.88 Å². The molecule has 114 valence electrons. The molecule has 0 aliphatic heterocycles. The number of aromatic amines is 1. The molecule has 1 heterocycles. The number of likely N-dealkylation sites (N-methyl/N-ethyl adjacent to an activating group) is 1. The fourth-order valence-corrected chi connectivity index (χ4v) is 3.12. The van der Waals surface area contributed by atoms with Gasteiger partial charge in [-0.2, -0.15) is 0 Å². The topological polar surface area (TPSA) is 65.6 Å². The molecule has 5 nitrogen and oxygen atoms in total. The number of aliphatic hydroxyl groups is 1. The average Bonchev–Trinajstić information content (AvgIpc) is 2.87. The third kappa shape index (κ3) is 3.72. The van der Waals surface area contributed by atoms with E-state index >= 15 is 0 Å². The maximum atomic E-state index is 11.8. The molecule has 1 aromatic carbocycles. The minimum Gasteiger partial charge on any atom is -0.496 e. The Balaban J connectivity index is 2.38. The van der Waals surface area contributed by atoms with Gasteiger partial charge >= 0.3 is 4.87 Å². The zero-order valence-electron chi connectivity index (χ0n) is 12.3. The van der Waals surface area contributed by atoms with Crippen molar-refractivity contribution in [3.05, 3.63) is 38.8 Å². The normalized spacial score (nSPS) is 11.0. The van der Waals surface area contributed by atoms with Crippen LogP contribution in [0.1, 0.15) is 11.8 Å². The summed E-state index contributed by atoms with van der Waals surface area (Å²) in [5, 5.41) is 9.09. The Hall–Kier alpha value is -1.63. The number of H-pyrrole nitrogens is 1. The van der Waals surface area contributed by atoms with Crippen LogP contribution in [0.5, 0.6) is 5.75 Å². The van der Waals surface area contributed by atoms with E-state index in [1.807, 2.05) is 31.2 Å². The number of ether oxygens (including phenoxy) is 1. The average molecular weight is 308 g/mol. The molecule has 0 fully saturated rings. The van der Waals surface area contributed by atoms with Gasteiger partial charge in [0.25, 0.3) is 0 Å². The number of thiazole rings is 1. The van der Waals surface area contributed by atoms with Crippen LogP contribution in [0.4, 0.5) is 0 Å². The lowest BCUT2D eigenvalue weighted by atomic mass is 10.1. The number of methoxy groups -OCH3 is 1. The second kappa shape index (κ2) is 7.40. The summed E-state index contributed by atoms with van der Waals surface area (Å²) in [4.78, 5) is 17.6. The summed E-state index contributed by atoms with van der Waals surface area (Å²) in [5.41, 5.74) is 1.69. The summed E-state index contributed by atoms with van der Waals surface area (Å²) >= 11 is 1.21. The van der Waals surface area contributed by atoms with E-state index in [0.29, 0.717) is 13.1 Å². The zero-order valence-corrected chi connectivity index (χ0v) is 13.1. The van der Waals surface area contributed by atoms with Gasteiger partial charge in [0.05, 0.1) is 19.4 Å². The molecule has 2 rings (SSSR count). The van der Waals surface area contributed by atoms with Gasteiger partial charge < -0.3 is 14.8 Å². The molecule has 0 saturated carbocycles. The molecule has 1 aromatic heterocycles. The van der Waals surface area contributed by atoms with Gasteiger partial charge in [-0.05, 0) is 18.7 Å². The van der Waals surface area contributed by atoms with Crippen LogP contribution in [0.15, 0.2) is 29.1 Å². The lowest BCUT2D eigenvalue weighted by Gasteiger charge is -2.19. The van der Waals surface area contributed by atoms with E-state index in [0.717, 1.165) is 28.4 Å². The first kappa shape index (κ1) is 15.8. The smallest absolute Gasteiger partial charge is 0.305 e. The molecule has 6 heteroatoms. The van der Waals surface area contributed by atoms with Gasteiger partial charge in [0.1, 0.15) is 5.75 Å². The van der Waals surface area contributed by atoms with Crippen LogP contribution in [0.2, 0.25) is 0 Å². The van der Waals surface area contributed by atoms with Crippen molar-refractivity contribution in [3.8, 4) is 17.0 Å². The number of para-hydroxylation sites is 1. The number of nitrogens with one attached hydrogen (secondary N) is 1. The first-order valence-electron chi connectivity index (χ1n) is 6.88. The van der Waals surface area contributed by atoms with E-state index < -0.39 is 0 Å². The van der Waals surface area contributed by atoms with Crippen molar-refractivity contribution in [1.29, 1.82) is 0 Å². The third-order valence-corrected chi connectivity index (χ3v) is 4.20. The summed E-state index contributed by atoms with van der Waals surface area (Å²) in [6, 6.07) is 7.63. The predicted molar refractivity (Wildman–Crippen MR) is 85.0 cm³/mol. The molecule has 0 bridgehead atoms. The Morgan fingerprint density at radius 1 is 1.38 bits per heavy atom. The van der Waals surface area contributed by atoms with Crippen LogP contribution in [0, 0.1) is 0 Å². The molecular weight excluding hydrogens is 288 g/mol. The number of hydrogen-bond donors (Lipinski definition) is 2. The first-order chi connectivity index (χ1) is 10.2. The number of benzene rings is 1. The Morgan fingerprint density at radius 3 is 2.81 bits per heavy atom. The molecule has 2 aromatic rings. The highest BCUT2D eigenvalue weighted by Crippen LogP contribution is 2.32. The summed E-state index contributed by atoms with van der Waals surface area (Å²) in [6.45, 7) is 4.19. The zero-order chi connectivity index (χ0) is 15.2. The van der Waals surface area contributed by atoms with Crippen molar-refractivity contribution in [3.63, 3.8) is 0 Å². The predicted octanol–water partition coefficient (Wildman–Crippen LogP) is 1.93. The Morgan fingerprint density at radius 2 is 2.14 bits per heavy atom. The molecule has 0 unspecified atom stereocenters. The van der Waals surface area contributed by atoms with Crippen LogP contribution in [-0.4, -0.2) is 41.8 Å². The number of aromatic nitrogens is 1. The molecule has 0 atom stereocenters. The van der Waals surface area contributed by atoms with Crippen molar-refractivity contribution in [2.75, 3.05) is 26.8 Å². The standard InChI is InChI=1S/C15H20N2O3S/c1-3-17(8-9-18)10-13-14(16-15(19)21-13)11-6-4-5-7-12(11)20-2/h4-7,18H,3,8-10H2,1-2H3,(H,16,19). The van der Waals surface area contributed by atoms with Crippen molar-refractivity contribution in [2.24, 2.45) is 0 Å². The van der Waals surface area contributed by atoms with Crippen molar-refractivity contribution < 1.29 is 9.84 Å². The Kier molecular flexibility index (Phi) is 5.55. The second-order valence-electron chi connectivity index (χ2n) is 4.61. The lowest BCUT2D eigenvalue weighted by molar-refractivity contribution is 0.198. The van der Waals surface area contributed by atoms with Crippen LogP contribution in [0.25, 0.3) is 11.3 Å². The van der Waals surface area contributed by atoms with Gasteiger partial charge in [-0.1, -0.05) is 30.4 Å². The Bertz CT molecular complexity index is 636. The quantitative estimate of drug-likeness (QED) is 0.820. The maximum absolute atomic E-state index is 11.8. The van der Waals surface area contributed by atoms with Gasteiger partial charge in [-0.15, -0.1) is 0 Å². The highest BCUT2D eigenvalue weighted by Gasteiger charge is 2.16. The van der Waals surface area contributed by atoms with Gasteiger partial charge in [-0.25, -0.2) is 0 Å². The van der Waals surface area contributed by atoms with E-state index in [1.165, 1.54) is 11.3 Å². The molecule has 21 heavy (non-hydrogen) atoms. The first-order valence-corrected chi connectivity index (χ1v) is 7.69. The minimum atomic E-state index is -0.0778. The second-order valence-corrected chi connectivity index (χ2v) is 5.67. The summed E-state index contributed by atoms with van der Waals surface area (Å²) in [6.07, 6.45) is 0. The third-order valence-electron chi connectivity index (χ3n) is 3.33. The van der Waals surface area contributed by atoms with E-state index in [1.54, 1.807) is 7.11 Å². The van der Waals surface area contributed by atoms with Crippen LogP contribution in [0.3, 0.4) is 0 Å². The van der Waals surface area contributed by atoms with Crippen LogP contribution in [-0.2, 0) is 6.54 Å². The molecule has 0 saturated heterocycles. The molecule has 0 amide bonds. The van der Waals surface area contributed by atoms with Crippen LogP contribution >= 0.6 is 11.3 Å². The van der Waals surface area contributed by atoms with Gasteiger partial charge in [0.2, 0.25) is 0 Å². The molecule has 0 aliphatic rings. The SMILES string of the molecule is CCN(CCO)Cc1sc(=O)[nH]c1-c1ccccc1OC. The Labute approximate surface area is 127 Å². The number of rotatable bonds is 7. The molecular formula is C15H20N2O3S. The number of hydrogen-bond acceptors (Lipinski definition) is 5. The maximum Gasteiger partial charge on any atom is 0.305 e. The van der Waals surface area contributed by atoms with Crippen molar-refractivity contribution >= 4 is 11.3 Å².